The van der Waals surface area contributed by atoms with Crippen LogP contribution in [0.3, 0.4) is 0 Å². The molecule has 0 spiro atoms. The maximum atomic E-state index is 12.8. The number of nitrogens with one attached hydrogen (secondary N) is 1. The van der Waals surface area contributed by atoms with E-state index in [9.17, 15) is 38.5 Å². The van der Waals surface area contributed by atoms with E-state index in [1.165, 1.54) is 0 Å². The number of hydrogen-bond acceptors (Lipinski definition) is 6. The second-order valence-electron chi connectivity index (χ2n) is 5.54. The molecule has 1 aromatic carbocycles. The lowest BCUT2D eigenvalue weighted by Gasteiger charge is -2.16. The van der Waals surface area contributed by atoms with Crippen LogP contribution >= 0.6 is 0 Å². The van der Waals surface area contributed by atoms with Gasteiger partial charge in [-0.05, 0) is 12.8 Å². The molecule has 132 valence electrons. The van der Waals surface area contributed by atoms with Gasteiger partial charge in [-0.25, -0.2) is 0 Å². The van der Waals surface area contributed by atoms with Crippen LogP contribution < -0.4 is 5.32 Å². The Labute approximate surface area is 133 Å². The van der Waals surface area contributed by atoms with Gasteiger partial charge in [-0.15, -0.1) is 0 Å². The number of nitrogens with zero attached hydrogens (tertiary/aromatic N) is 2. The fourth-order valence-corrected chi connectivity index (χ4v) is 2.73. The summed E-state index contributed by atoms with van der Waals surface area (Å²) in [7, 11) is 0. The average molecular weight is 349 g/mol. The fourth-order valence-electron chi connectivity index (χ4n) is 2.73. The molecular formula is C13H14F3N3O5. The largest absolute Gasteiger partial charge is 0.416 e. The molecule has 2 rings (SSSR count). The van der Waals surface area contributed by atoms with Crippen LogP contribution in [-0.2, 0) is 6.18 Å². The molecule has 0 aliphatic heterocycles. The molecular weight excluding hydrogens is 335 g/mol. The molecule has 1 saturated carbocycles. The number of rotatable bonds is 5. The van der Waals surface area contributed by atoms with Crippen molar-refractivity contribution in [3.8, 4) is 0 Å². The minimum absolute atomic E-state index is 0.00574. The van der Waals surface area contributed by atoms with Gasteiger partial charge in [-0.2, -0.15) is 13.2 Å². The number of aliphatic hydroxyl groups is 1. The van der Waals surface area contributed by atoms with E-state index in [0.717, 1.165) is 6.42 Å². The van der Waals surface area contributed by atoms with E-state index >= 15 is 0 Å². The van der Waals surface area contributed by atoms with Crippen molar-refractivity contribution in [1.82, 2.24) is 0 Å². The maximum absolute atomic E-state index is 12.8. The van der Waals surface area contributed by atoms with Gasteiger partial charge in [0, 0.05) is 24.6 Å². The smallest absolute Gasteiger partial charge is 0.393 e. The summed E-state index contributed by atoms with van der Waals surface area (Å²) in [6.45, 7) is -0.00574. The Balaban J connectivity index is 2.43. The number of benzene rings is 1. The molecule has 2 unspecified atom stereocenters. The van der Waals surface area contributed by atoms with Gasteiger partial charge >= 0.3 is 6.18 Å². The number of aliphatic hydroxyl groups excluding tert-OH is 1. The van der Waals surface area contributed by atoms with Crippen molar-refractivity contribution in [2.75, 3.05) is 11.9 Å². The van der Waals surface area contributed by atoms with Crippen LogP contribution in [0.25, 0.3) is 0 Å². The molecule has 8 nitrogen and oxygen atoms in total. The summed E-state index contributed by atoms with van der Waals surface area (Å²) >= 11 is 0. The Morgan fingerprint density at radius 2 is 1.71 bits per heavy atom. The van der Waals surface area contributed by atoms with Crippen molar-refractivity contribution in [3.63, 3.8) is 0 Å². The molecule has 0 radical (unpaired) electrons. The number of nitro groups is 2. The maximum Gasteiger partial charge on any atom is 0.416 e. The minimum Gasteiger partial charge on any atom is -0.393 e. The Morgan fingerprint density at radius 3 is 2.08 bits per heavy atom. The first-order valence-electron chi connectivity index (χ1n) is 7.07. The third-order valence-corrected chi connectivity index (χ3v) is 3.98. The van der Waals surface area contributed by atoms with Gasteiger partial charge in [0.2, 0.25) is 0 Å². The van der Waals surface area contributed by atoms with Gasteiger partial charge in [-0.3, -0.25) is 20.2 Å². The molecule has 0 amide bonds. The van der Waals surface area contributed by atoms with E-state index < -0.39 is 44.8 Å². The third kappa shape index (κ3) is 3.72. The van der Waals surface area contributed by atoms with Gasteiger partial charge in [0.25, 0.3) is 11.4 Å². The quantitative estimate of drug-likeness (QED) is 0.623. The van der Waals surface area contributed by atoms with Crippen LogP contribution in [-0.4, -0.2) is 27.6 Å². The highest BCUT2D eigenvalue weighted by atomic mass is 19.4. The summed E-state index contributed by atoms with van der Waals surface area (Å²) < 4.78 is 38.4. The van der Waals surface area contributed by atoms with Crippen LogP contribution in [0.4, 0.5) is 30.2 Å². The first kappa shape index (κ1) is 17.9. The number of halogens is 3. The first-order valence-corrected chi connectivity index (χ1v) is 7.07. The van der Waals surface area contributed by atoms with E-state index in [-0.39, 0.29) is 24.6 Å². The SMILES string of the molecule is O=[N+]([O-])c1cc(C(F)(F)F)cc([N+](=O)[O-])c1NCC1CCCC1O. The van der Waals surface area contributed by atoms with Gasteiger partial charge < -0.3 is 10.4 Å². The lowest BCUT2D eigenvalue weighted by atomic mass is 10.1. The summed E-state index contributed by atoms with van der Waals surface area (Å²) in [4.78, 5) is 19.9. The highest BCUT2D eigenvalue weighted by Crippen LogP contribution is 2.41. The van der Waals surface area contributed by atoms with Crippen LogP contribution in [0.5, 0.6) is 0 Å². The monoisotopic (exact) mass is 349 g/mol. The summed E-state index contributed by atoms with van der Waals surface area (Å²) in [6, 6.07) is 0.529. The van der Waals surface area contributed by atoms with E-state index in [2.05, 4.69) is 5.32 Å². The molecule has 1 fully saturated rings. The van der Waals surface area contributed by atoms with Crippen LogP contribution in [0.1, 0.15) is 24.8 Å². The van der Waals surface area contributed by atoms with Crippen molar-refractivity contribution < 1.29 is 28.1 Å². The van der Waals surface area contributed by atoms with Crippen molar-refractivity contribution in [2.45, 2.75) is 31.5 Å². The Bertz CT molecular complexity index is 630. The average Bonchev–Trinajstić information content (AvgIpc) is 2.88. The molecule has 0 aromatic heterocycles. The molecule has 0 bridgehead atoms. The number of hydrogen-bond donors (Lipinski definition) is 2. The molecule has 2 atom stereocenters. The fraction of sp³-hybridized carbons (Fsp3) is 0.538. The zero-order valence-corrected chi connectivity index (χ0v) is 12.2. The third-order valence-electron chi connectivity index (χ3n) is 3.98. The lowest BCUT2D eigenvalue weighted by Crippen LogP contribution is -2.22. The zero-order valence-electron chi connectivity index (χ0n) is 12.2. The predicted molar refractivity (Wildman–Crippen MR) is 76.6 cm³/mol. The van der Waals surface area contributed by atoms with Gasteiger partial charge in [0.15, 0.2) is 5.69 Å². The Morgan fingerprint density at radius 1 is 1.17 bits per heavy atom. The van der Waals surface area contributed by atoms with Crippen molar-refractivity contribution in [3.05, 3.63) is 37.9 Å². The predicted octanol–water partition coefficient (Wildman–Crippen LogP) is 3.09. The van der Waals surface area contributed by atoms with Crippen molar-refractivity contribution in [1.29, 1.82) is 0 Å². The highest BCUT2D eigenvalue weighted by molar-refractivity contribution is 5.75. The van der Waals surface area contributed by atoms with Crippen molar-refractivity contribution in [2.24, 2.45) is 5.92 Å². The Kier molecular flexibility index (Phi) is 4.92. The molecule has 1 aromatic rings. The highest BCUT2D eigenvalue weighted by Gasteiger charge is 2.38. The molecule has 11 heteroatoms. The zero-order chi connectivity index (χ0) is 18.1. The summed E-state index contributed by atoms with van der Waals surface area (Å²) in [5.41, 5.74) is -4.10. The van der Waals surface area contributed by atoms with Gasteiger partial charge in [0.1, 0.15) is 0 Å². The van der Waals surface area contributed by atoms with Crippen LogP contribution in [0.2, 0.25) is 0 Å². The normalized spacial score (nSPS) is 20.8. The Hall–Kier alpha value is -2.43. The minimum atomic E-state index is -4.95. The van der Waals surface area contributed by atoms with Crippen LogP contribution in [0.15, 0.2) is 12.1 Å². The number of anilines is 1. The topological polar surface area (TPSA) is 119 Å². The second kappa shape index (κ2) is 6.59. The number of nitro benzene ring substituents is 2. The van der Waals surface area contributed by atoms with Gasteiger partial charge in [0.05, 0.1) is 21.5 Å². The van der Waals surface area contributed by atoms with E-state index in [1.807, 2.05) is 0 Å². The lowest BCUT2D eigenvalue weighted by molar-refractivity contribution is -0.392. The molecule has 1 aliphatic rings. The summed E-state index contributed by atoms with van der Waals surface area (Å²) in [5.74, 6) is -0.272. The molecule has 24 heavy (non-hydrogen) atoms. The molecule has 1 aliphatic carbocycles. The molecule has 0 heterocycles. The van der Waals surface area contributed by atoms with Crippen molar-refractivity contribution >= 4 is 17.1 Å². The van der Waals surface area contributed by atoms with Gasteiger partial charge in [-0.1, -0.05) is 6.42 Å². The summed E-state index contributed by atoms with van der Waals surface area (Å²) in [5, 5.41) is 34.3. The van der Waals surface area contributed by atoms with E-state index in [4.69, 9.17) is 0 Å². The second-order valence-corrected chi connectivity index (χ2v) is 5.54. The standard InChI is InChI=1S/C13H14F3N3O5/c14-13(15,16)8-4-9(18(21)22)12(10(5-8)19(23)24)17-6-7-2-1-3-11(7)20/h4-5,7,11,17,20H,1-3,6H2. The van der Waals surface area contributed by atoms with Crippen LogP contribution in [0, 0.1) is 26.1 Å². The molecule has 2 N–H and O–H groups in total. The van der Waals surface area contributed by atoms with E-state index in [0.29, 0.717) is 12.8 Å². The summed E-state index contributed by atoms with van der Waals surface area (Å²) in [6.07, 6.45) is -3.69. The number of alkyl halides is 3. The van der Waals surface area contributed by atoms with E-state index in [1.54, 1.807) is 0 Å². The molecule has 0 saturated heterocycles. The first-order chi connectivity index (χ1) is 11.1.